The van der Waals surface area contributed by atoms with E-state index in [9.17, 15) is 20.2 Å². The molecule has 11 nitrogen and oxygen atoms in total. The molecular formula is C51H31N7O4. The lowest BCUT2D eigenvalue weighted by atomic mass is 10.0. The number of hydrogen-bond donors (Lipinski definition) is 0. The first kappa shape index (κ1) is 36.3. The van der Waals surface area contributed by atoms with Gasteiger partial charge >= 0.3 is 0 Å². The number of para-hydroxylation sites is 3. The van der Waals surface area contributed by atoms with Gasteiger partial charge in [0, 0.05) is 73.9 Å². The molecule has 0 aliphatic carbocycles. The van der Waals surface area contributed by atoms with Crippen LogP contribution in [-0.4, -0.2) is 33.9 Å². The van der Waals surface area contributed by atoms with Crippen LogP contribution < -0.4 is 0 Å². The SMILES string of the molecule is O=[N+]([O-])c1ccc(-c2nc(-c3ccc(-n4c5ccccc5c5ccc(-c6ccc7c(c6)c6ccccc6n7-c6ccccc6)cc54)cc3)nc(-c3ccc([N+](=O)[O-])cc3)n2)cc1. The minimum atomic E-state index is -0.462. The summed E-state index contributed by atoms with van der Waals surface area (Å²) in [5.41, 5.74) is 10.4. The maximum atomic E-state index is 11.4. The highest BCUT2D eigenvalue weighted by atomic mass is 16.6. The Balaban J connectivity index is 1.02. The number of nitro benzene ring substituents is 2. The molecule has 0 spiro atoms. The van der Waals surface area contributed by atoms with Gasteiger partial charge in [-0.15, -0.1) is 0 Å². The van der Waals surface area contributed by atoms with Gasteiger partial charge in [0.25, 0.3) is 11.4 Å². The van der Waals surface area contributed by atoms with E-state index in [4.69, 9.17) is 9.97 Å². The Morgan fingerprint density at radius 3 is 1.27 bits per heavy atom. The fourth-order valence-electron chi connectivity index (χ4n) is 8.42. The lowest BCUT2D eigenvalue weighted by molar-refractivity contribution is -0.385. The van der Waals surface area contributed by atoms with Crippen molar-refractivity contribution < 1.29 is 9.85 Å². The summed E-state index contributed by atoms with van der Waals surface area (Å²) in [6.45, 7) is 0. The van der Waals surface area contributed by atoms with Gasteiger partial charge in [-0.3, -0.25) is 20.2 Å². The van der Waals surface area contributed by atoms with Crippen LogP contribution in [0.2, 0.25) is 0 Å². The average Bonchev–Trinajstić information content (AvgIpc) is 3.84. The van der Waals surface area contributed by atoms with E-state index in [2.05, 4.69) is 117 Å². The lowest BCUT2D eigenvalue weighted by Crippen LogP contribution is -2.01. The van der Waals surface area contributed by atoms with Crippen LogP contribution in [0.4, 0.5) is 11.4 Å². The van der Waals surface area contributed by atoms with Gasteiger partial charge in [-0.05, 0) is 102 Å². The van der Waals surface area contributed by atoms with Gasteiger partial charge in [-0.2, -0.15) is 0 Å². The maximum absolute atomic E-state index is 11.4. The summed E-state index contributed by atoms with van der Waals surface area (Å²) < 4.78 is 4.60. The molecule has 0 amide bonds. The van der Waals surface area contributed by atoms with Crippen LogP contribution in [0.1, 0.15) is 0 Å². The molecule has 0 aliphatic rings. The molecule has 8 aromatic carbocycles. The molecule has 62 heavy (non-hydrogen) atoms. The predicted molar refractivity (Wildman–Crippen MR) is 244 cm³/mol. The smallest absolute Gasteiger partial charge is 0.269 e. The second-order valence-corrected chi connectivity index (χ2v) is 15.0. The molecule has 0 saturated heterocycles. The highest BCUT2D eigenvalue weighted by Gasteiger charge is 2.18. The standard InChI is InChI=1S/C51H31N7O4/c59-57(60)39-24-16-33(17-25-39)50-52-49(53-51(54-50)34-18-26-40(27-19-34)58(61)62)32-14-22-38(23-15-32)56-45-12-6-4-10-41(45)43-28-20-36(31-48(43)56)35-21-29-47-44(30-35)42-11-5-7-13-46(42)55(47)37-8-2-1-3-9-37/h1-31H. The molecule has 3 aromatic heterocycles. The molecular weight excluding hydrogens is 775 g/mol. The van der Waals surface area contributed by atoms with Gasteiger partial charge in [0.2, 0.25) is 0 Å². The van der Waals surface area contributed by atoms with E-state index in [1.165, 1.54) is 35.0 Å². The summed E-state index contributed by atoms with van der Waals surface area (Å²) in [6.07, 6.45) is 0. The topological polar surface area (TPSA) is 135 Å². The molecule has 3 heterocycles. The Kier molecular flexibility index (Phi) is 8.46. The summed E-state index contributed by atoms with van der Waals surface area (Å²) >= 11 is 0. The van der Waals surface area contributed by atoms with E-state index in [0.717, 1.165) is 55.3 Å². The van der Waals surface area contributed by atoms with Crippen LogP contribution in [0.15, 0.2) is 188 Å². The molecule has 11 rings (SSSR count). The van der Waals surface area contributed by atoms with Gasteiger partial charge in [0.05, 0.1) is 31.9 Å². The van der Waals surface area contributed by atoms with E-state index < -0.39 is 9.85 Å². The Bertz CT molecular complexity index is 3490. The van der Waals surface area contributed by atoms with E-state index >= 15 is 0 Å². The molecule has 11 heteroatoms. The molecule has 0 atom stereocenters. The molecule has 0 bridgehead atoms. The zero-order chi connectivity index (χ0) is 41.9. The summed E-state index contributed by atoms with van der Waals surface area (Å²) in [4.78, 5) is 36.1. The molecule has 0 saturated carbocycles. The van der Waals surface area contributed by atoms with Crippen molar-refractivity contribution in [2.24, 2.45) is 0 Å². The van der Waals surface area contributed by atoms with Crippen LogP contribution in [0.3, 0.4) is 0 Å². The fraction of sp³-hybridized carbons (Fsp3) is 0. The minimum Gasteiger partial charge on any atom is -0.309 e. The maximum Gasteiger partial charge on any atom is 0.269 e. The van der Waals surface area contributed by atoms with Gasteiger partial charge in [-0.1, -0.05) is 72.8 Å². The van der Waals surface area contributed by atoms with Gasteiger partial charge in [-0.25, -0.2) is 15.0 Å². The van der Waals surface area contributed by atoms with Crippen LogP contribution in [0.25, 0.3) is 100 Å². The lowest BCUT2D eigenvalue weighted by Gasteiger charge is -2.11. The van der Waals surface area contributed by atoms with Gasteiger partial charge in [0.1, 0.15) is 0 Å². The van der Waals surface area contributed by atoms with Crippen LogP contribution in [0, 0.1) is 20.2 Å². The summed E-state index contributed by atoms with van der Waals surface area (Å²) in [5, 5.41) is 27.4. The van der Waals surface area contributed by atoms with Gasteiger partial charge < -0.3 is 9.13 Å². The third-order valence-corrected chi connectivity index (χ3v) is 11.4. The Hall–Kier alpha value is -8.83. The van der Waals surface area contributed by atoms with E-state index in [-0.39, 0.29) is 11.4 Å². The number of fused-ring (bicyclic) bond motifs is 6. The Labute approximate surface area is 352 Å². The quantitative estimate of drug-likeness (QED) is 0.110. The number of benzene rings is 8. The van der Waals surface area contributed by atoms with Crippen molar-refractivity contribution in [2.75, 3.05) is 0 Å². The van der Waals surface area contributed by atoms with Crippen LogP contribution >= 0.6 is 0 Å². The molecule has 0 unspecified atom stereocenters. The largest absolute Gasteiger partial charge is 0.309 e. The monoisotopic (exact) mass is 805 g/mol. The Morgan fingerprint density at radius 1 is 0.339 bits per heavy atom. The van der Waals surface area contributed by atoms with Crippen molar-refractivity contribution >= 4 is 55.0 Å². The molecule has 0 N–H and O–H groups in total. The Morgan fingerprint density at radius 2 is 0.726 bits per heavy atom. The van der Waals surface area contributed by atoms with Crippen molar-refractivity contribution in [2.45, 2.75) is 0 Å². The van der Waals surface area contributed by atoms with Crippen LogP contribution in [-0.2, 0) is 0 Å². The van der Waals surface area contributed by atoms with Crippen molar-refractivity contribution in [3.05, 3.63) is 208 Å². The summed E-state index contributed by atoms with van der Waals surface area (Å²) in [6, 6.07) is 60.8. The zero-order valence-corrected chi connectivity index (χ0v) is 32.7. The molecule has 294 valence electrons. The second kappa shape index (κ2) is 14.5. The first-order chi connectivity index (χ1) is 30.4. The van der Waals surface area contributed by atoms with Crippen molar-refractivity contribution in [3.63, 3.8) is 0 Å². The zero-order valence-electron chi connectivity index (χ0n) is 32.7. The van der Waals surface area contributed by atoms with Crippen molar-refractivity contribution in [1.29, 1.82) is 0 Å². The summed E-state index contributed by atoms with van der Waals surface area (Å²) in [5.74, 6) is 0.988. The minimum absolute atomic E-state index is 0.0559. The number of nitrogens with zero attached hydrogens (tertiary/aromatic N) is 7. The third kappa shape index (κ3) is 6.11. The first-order valence-electron chi connectivity index (χ1n) is 19.9. The molecule has 0 radical (unpaired) electrons. The number of nitro groups is 2. The van der Waals surface area contributed by atoms with Gasteiger partial charge in [0.15, 0.2) is 17.5 Å². The van der Waals surface area contributed by atoms with E-state index in [0.29, 0.717) is 34.2 Å². The molecule has 0 aliphatic heterocycles. The third-order valence-electron chi connectivity index (χ3n) is 11.4. The van der Waals surface area contributed by atoms with Crippen molar-refractivity contribution in [1.82, 2.24) is 24.1 Å². The highest BCUT2D eigenvalue weighted by molar-refractivity contribution is 6.12. The summed E-state index contributed by atoms with van der Waals surface area (Å²) in [7, 11) is 0. The second-order valence-electron chi connectivity index (χ2n) is 15.0. The van der Waals surface area contributed by atoms with E-state index in [1.807, 2.05) is 36.4 Å². The predicted octanol–water partition coefficient (Wildman–Crippen LogP) is 12.6. The first-order valence-corrected chi connectivity index (χ1v) is 19.9. The number of hydrogen-bond acceptors (Lipinski definition) is 7. The number of non-ortho nitro benzene ring substituents is 2. The van der Waals surface area contributed by atoms with Crippen LogP contribution in [0.5, 0.6) is 0 Å². The van der Waals surface area contributed by atoms with Crippen molar-refractivity contribution in [3.8, 4) is 56.7 Å². The normalized spacial score (nSPS) is 11.5. The highest BCUT2D eigenvalue weighted by Crippen LogP contribution is 2.38. The average molecular weight is 806 g/mol. The van der Waals surface area contributed by atoms with E-state index in [1.54, 1.807) is 24.3 Å². The molecule has 0 fully saturated rings. The number of aromatic nitrogens is 5. The molecule has 11 aromatic rings. The number of rotatable bonds is 8. The fourth-order valence-corrected chi connectivity index (χ4v) is 8.42.